The molecule has 0 spiro atoms. The number of methoxy groups -OCH3 is 1. The van der Waals surface area contributed by atoms with E-state index in [0.717, 1.165) is 24.2 Å². The third-order valence-electron chi connectivity index (χ3n) is 7.79. The maximum Gasteiger partial charge on any atom is 0.220 e. The summed E-state index contributed by atoms with van der Waals surface area (Å²) in [6.45, 7) is 4.35. The van der Waals surface area contributed by atoms with Crippen LogP contribution < -0.4 is 10.1 Å². The molecule has 0 radical (unpaired) electrons. The molecule has 0 aromatic heterocycles. The Hall–Kier alpha value is -1.63. The largest absolute Gasteiger partial charge is 0.496 e. The van der Waals surface area contributed by atoms with Gasteiger partial charge in [0.1, 0.15) is 5.75 Å². The number of rotatable bonds is 6. The number of ether oxygens (including phenoxy) is 1. The zero-order chi connectivity index (χ0) is 21.2. The minimum Gasteiger partial charge on any atom is -0.496 e. The summed E-state index contributed by atoms with van der Waals surface area (Å²) in [6, 6.07) is 7.57. The third-order valence-corrected chi connectivity index (χ3v) is 7.79. The molecule has 2 fully saturated rings. The van der Waals surface area contributed by atoms with Crippen molar-refractivity contribution in [1.82, 2.24) is 5.32 Å². The monoisotopic (exact) mass is 405 g/mol. The van der Waals surface area contributed by atoms with Crippen molar-refractivity contribution in [3.8, 4) is 5.75 Å². The van der Waals surface area contributed by atoms with Crippen molar-refractivity contribution in [2.45, 2.75) is 64.7 Å². The summed E-state index contributed by atoms with van der Waals surface area (Å²) in [5.41, 5.74) is 0.0142. The van der Waals surface area contributed by atoms with Gasteiger partial charge in [0.2, 0.25) is 5.91 Å². The third kappa shape index (κ3) is 4.03. The molecule has 0 aliphatic heterocycles. The Kier molecular flexibility index (Phi) is 6.56. The van der Waals surface area contributed by atoms with Crippen LogP contribution in [0.5, 0.6) is 5.75 Å². The second kappa shape index (κ2) is 8.62. The summed E-state index contributed by atoms with van der Waals surface area (Å²) in [5, 5.41) is 34.4. The highest BCUT2D eigenvalue weighted by atomic mass is 16.5. The van der Waals surface area contributed by atoms with Crippen LogP contribution in [0.3, 0.4) is 0 Å². The fourth-order valence-corrected chi connectivity index (χ4v) is 5.92. The molecule has 6 nitrogen and oxygen atoms in total. The molecule has 6 heteroatoms. The molecule has 6 atom stereocenters. The fourth-order valence-electron chi connectivity index (χ4n) is 5.92. The van der Waals surface area contributed by atoms with Gasteiger partial charge in [0.25, 0.3) is 0 Å². The van der Waals surface area contributed by atoms with E-state index in [-0.39, 0.29) is 36.2 Å². The van der Waals surface area contributed by atoms with Gasteiger partial charge < -0.3 is 25.4 Å². The lowest BCUT2D eigenvalue weighted by atomic mass is 9.46. The van der Waals surface area contributed by atoms with Crippen molar-refractivity contribution in [2.75, 3.05) is 13.7 Å². The number of fused-ring (bicyclic) bond motifs is 1. The van der Waals surface area contributed by atoms with E-state index < -0.39 is 17.6 Å². The van der Waals surface area contributed by atoms with E-state index >= 15 is 0 Å². The standard InChI is InChI=1S/C23H35NO5/c1-22-11-10-20(27)23(2,14-25)19(22)9-8-17(26)16(22)12-21(28)24-13-15-6-4-5-7-18(15)29-3/h4-7,16-17,19-20,25-27H,8-14H2,1-3H3,(H,24,28)/t16-,17-,19?,20-,22+,23+/m1/s1. The number of para-hydroxylation sites is 1. The number of carbonyl (C=O) groups is 1. The maximum atomic E-state index is 12.8. The number of amides is 1. The molecule has 1 aromatic rings. The molecule has 3 rings (SSSR count). The number of nitrogens with one attached hydrogen (secondary N) is 1. The second-order valence-electron chi connectivity index (χ2n) is 9.32. The van der Waals surface area contributed by atoms with Gasteiger partial charge in [-0.25, -0.2) is 0 Å². The molecular formula is C23H35NO5. The fraction of sp³-hybridized carbons (Fsp3) is 0.696. The predicted octanol–water partition coefficient (Wildman–Crippen LogP) is 2.25. The zero-order valence-corrected chi connectivity index (χ0v) is 17.7. The smallest absolute Gasteiger partial charge is 0.220 e. The zero-order valence-electron chi connectivity index (χ0n) is 17.7. The summed E-state index contributed by atoms with van der Waals surface area (Å²) in [4.78, 5) is 12.8. The molecule has 1 aromatic carbocycles. The first kappa shape index (κ1) is 22.1. The van der Waals surface area contributed by atoms with Gasteiger partial charge in [-0.1, -0.05) is 32.0 Å². The molecule has 29 heavy (non-hydrogen) atoms. The van der Waals surface area contributed by atoms with Gasteiger partial charge in [-0.3, -0.25) is 4.79 Å². The lowest BCUT2D eigenvalue weighted by molar-refractivity contribution is -0.185. The van der Waals surface area contributed by atoms with Crippen molar-refractivity contribution < 1.29 is 24.9 Å². The van der Waals surface area contributed by atoms with E-state index in [9.17, 15) is 20.1 Å². The van der Waals surface area contributed by atoms with Crippen LogP contribution >= 0.6 is 0 Å². The molecule has 0 bridgehead atoms. The number of hydrogen-bond acceptors (Lipinski definition) is 5. The molecule has 1 amide bonds. The van der Waals surface area contributed by atoms with E-state index in [4.69, 9.17) is 4.74 Å². The average Bonchev–Trinajstić information content (AvgIpc) is 2.72. The van der Waals surface area contributed by atoms with E-state index in [1.807, 2.05) is 31.2 Å². The molecule has 162 valence electrons. The first-order chi connectivity index (χ1) is 13.8. The Morgan fingerprint density at radius 1 is 1.21 bits per heavy atom. The first-order valence-electron chi connectivity index (χ1n) is 10.6. The molecular weight excluding hydrogens is 370 g/mol. The molecule has 1 unspecified atom stereocenters. The van der Waals surface area contributed by atoms with Crippen LogP contribution in [-0.4, -0.2) is 47.2 Å². The van der Waals surface area contributed by atoms with Crippen molar-refractivity contribution in [1.29, 1.82) is 0 Å². The Bertz CT molecular complexity index is 725. The molecule has 0 saturated heterocycles. The van der Waals surface area contributed by atoms with Gasteiger partial charge in [-0.15, -0.1) is 0 Å². The minimum atomic E-state index is -0.598. The van der Waals surface area contributed by atoms with Crippen molar-refractivity contribution in [2.24, 2.45) is 22.7 Å². The lowest BCUT2D eigenvalue weighted by Gasteiger charge is -2.60. The van der Waals surface area contributed by atoms with Gasteiger partial charge in [-0.05, 0) is 49.0 Å². The van der Waals surface area contributed by atoms with Crippen LogP contribution in [0.2, 0.25) is 0 Å². The predicted molar refractivity (Wildman–Crippen MR) is 110 cm³/mol. The van der Waals surface area contributed by atoms with Gasteiger partial charge in [0.15, 0.2) is 0 Å². The van der Waals surface area contributed by atoms with Gasteiger partial charge in [0, 0.05) is 23.9 Å². The van der Waals surface area contributed by atoms with E-state index in [1.54, 1.807) is 7.11 Å². The highest BCUT2D eigenvalue weighted by molar-refractivity contribution is 5.76. The maximum absolute atomic E-state index is 12.8. The van der Waals surface area contributed by atoms with Crippen LogP contribution in [-0.2, 0) is 11.3 Å². The first-order valence-corrected chi connectivity index (χ1v) is 10.6. The Morgan fingerprint density at radius 2 is 1.93 bits per heavy atom. The normalized spacial score (nSPS) is 36.9. The average molecular weight is 406 g/mol. The van der Waals surface area contributed by atoms with Crippen LogP contribution in [0.15, 0.2) is 24.3 Å². The Morgan fingerprint density at radius 3 is 2.62 bits per heavy atom. The van der Waals surface area contributed by atoms with Gasteiger partial charge >= 0.3 is 0 Å². The van der Waals surface area contributed by atoms with Crippen LogP contribution in [0, 0.1) is 22.7 Å². The molecule has 2 saturated carbocycles. The molecule has 4 N–H and O–H groups in total. The number of benzene rings is 1. The summed E-state index contributed by atoms with van der Waals surface area (Å²) in [5.74, 6) is 0.507. The van der Waals surface area contributed by atoms with Crippen LogP contribution in [0.1, 0.15) is 51.5 Å². The summed E-state index contributed by atoms with van der Waals surface area (Å²) >= 11 is 0. The number of aliphatic hydroxyl groups is 3. The van der Waals surface area contributed by atoms with Gasteiger partial charge in [-0.2, -0.15) is 0 Å². The lowest BCUT2D eigenvalue weighted by Crippen LogP contribution is -2.60. The number of hydrogen-bond donors (Lipinski definition) is 4. The second-order valence-corrected chi connectivity index (χ2v) is 9.32. The van der Waals surface area contributed by atoms with Gasteiger partial charge in [0.05, 0.1) is 25.9 Å². The molecule has 0 heterocycles. The SMILES string of the molecule is COc1ccccc1CNC(=O)C[C@@H]1[C@H](O)CCC2[C@](C)(CO)[C@H](O)CC[C@]21C. The van der Waals surface area contributed by atoms with E-state index in [1.165, 1.54) is 0 Å². The Labute approximate surface area is 173 Å². The van der Waals surface area contributed by atoms with E-state index in [0.29, 0.717) is 19.4 Å². The number of carbonyl (C=O) groups excluding carboxylic acids is 1. The summed E-state index contributed by atoms with van der Waals surface area (Å²) in [7, 11) is 1.61. The van der Waals surface area contributed by atoms with E-state index in [2.05, 4.69) is 12.2 Å². The quantitative estimate of drug-likeness (QED) is 0.582. The minimum absolute atomic E-state index is 0.0687. The highest BCUT2D eigenvalue weighted by Crippen LogP contribution is 2.60. The summed E-state index contributed by atoms with van der Waals surface area (Å²) < 4.78 is 5.34. The number of aliphatic hydroxyl groups excluding tert-OH is 3. The van der Waals surface area contributed by atoms with Crippen molar-refractivity contribution in [3.63, 3.8) is 0 Å². The highest BCUT2D eigenvalue weighted by Gasteiger charge is 2.58. The topological polar surface area (TPSA) is 99.0 Å². The van der Waals surface area contributed by atoms with Crippen LogP contribution in [0.4, 0.5) is 0 Å². The van der Waals surface area contributed by atoms with Crippen molar-refractivity contribution in [3.05, 3.63) is 29.8 Å². The molecule has 2 aliphatic carbocycles. The summed E-state index contributed by atoms with van der Waals surface area (Å²) in [6.07, 6.45) is 1.80. The van der Waals surface area contributed by atoms with Crippen molar-refractivity contribution >= 4 is 5.91 Å². The molecule has 2 aliphatic rings. The Balaban J connectivity index is 1.72. The van der Waals surface area contributed by atoms with Crippen LogP contribution in [0.25, 0.3) is 0 Å².